The third-order valence-electron chi connectivity index (χ3n) is 4.84. The van der Waals surface area contributed by atoms with Gasteiger partial charge in [0.2, 0.25) is 0 Å². The summed E-state index contributed by atoms with van der Waals surface area (Å²) in [5.74, 6) is 0.540. The van der Waals surface area contributed by atoms with E-state index in [0.717, 1.165) is 12.1 Å². The average molecular weight is 344 g/mol. The molecule has 3 heterocycles. The number of aromatic nitrogens is 1. The maximum atomic E-state index is 12.6. The van der Waals surface area contributed by atoms with Crippen molar-refractivity contribution in [1.82, 2.24) is 9.47 Å². The molecule has 2 amide bonds. The summed E-state index contributed by atoms with van der Waals surface area (Å²) >= 11 is 5.97. The fourth-order valence-corrected chi connectivity index (χ4v) is 4.02. The lowest BCUT2D eigenvalue weighted by Gasteiger charge is -2.42. The molecule has 0 spiro atoms. The number of rotatable bonds is 1. The van der Waals surface area contributed by atoms with Crippen LogP contribution in [0.5, 0.6) is 0 Å². The first kappa shape index (κ1) is 15.3. The Balaban J connectivity index is 1.53. The van der Waals surface area contributed by atoms with Crippen LogP contribution in [0.4, 0.5) is 10.5 Å². The molecule has 1 fully saturated rings. The molecule has 0 saturated carbocycles. The molecule has 0 radical (unpaired) electrons. The van der Waals surface area contributed by atoms with Gasteiger partial charge in [0, 0.05) is 48.0 Å². The van der Waals surface area contributed by atoms with Crippen LogP contribution in [0.2, 0.25) is 5.02 Å². The second-order valence-corrected chi connectivity index (χ2v) is 6.98. The minimum absolute atomic E-state index is 0.0547. The van der Waals surface area contributed by atoms with Crippen LogP contribution in [0.1, 0.15) is 18.0 Å². The number of hydrogen-bond donors (Lipinski definition) is 1. The van der Waals surface area contributed by atoms with Gasteiger partial charge in [-0.05, 0) is 36.6 Å². The molecule has 2 aliphatic heterocycles. The Hall–Kier alpha value is -2.27. The minimum Gasteiger partial charge on any atom is -0.324 e. The Labute approximate surface area is 144 Å². The lowest BCUT2D eigenvalue weighted by Crippen LogP contribution is -2.50. The Bertz CT molecular complexity index is 848. The van der Waals surface area contributed by atoms with Gasteiger partial charge in [0.25, 0.3) is 5.56 Å². The zero-order valence-corrected chi connectivity index (χ0v) is 13.9. The van der Waals surface area contributed by atoms with Crippen LogP contribution < -0.4 is 10.9 Å². The van der Waals surface area contributed by atoms with Crippen molar-refractivity contribution in [1.29, 1.82) is 0 Å². The first-order chi connectivity index (χ1) is 11.6. The van der Waals surface area contributed by atoms with Crippen molar-refractivity contribution >= 4 is 23.3 Å². The Kier molecular flexibility index (Phi) is 3.81. The van der Waals surface area contributed by atoms with Crippen molar-refractivity contribution in [3.63, 3.8) is 0 Å². The molecule has 5 nitrogen and oxygen atoms in total. The number of likely N-dealkylation sites (tertiary alicyclic amines) is 1. The molecule has 1 saturated heterocycles. The quantitative estimate of drug-likeness (QED) is 0.864. The van der Waals surface area contributed by atoms with Crippen molar-refractivity contribution in [2.45, 2.75) is 18.9 Å². The van der Waals surface area contributed by atoms with Gasteiger partial charge in [-0.2, -0.15) is 0 Å². The normalized spacial score (nSPS) is 22.0. The van der Waals surface area contributed by atoms with Gasteiger partial charge >= 0.3 is 6.03 Å². The molecule has 2 aliphatic rings. The van der Waals surface area contributed by atoms with E-state index in [0.29, 0.717) is 36.3 Å². The third-order valence-corrected chi connectivity index (χ3v) is 5.08. The number of anilines is 1. The summed E-state index contributed by atoms with van der Waals surface area (Å²) in [6.07, 6.45) is 1.03. The van der Waals surface area contributed by atoms with Crippen LogP contribution >= 0.6 is 11.6 Å². The summed E-state index contributed by atoms with van der Waals surface area (Å²) in [6.45, 7) is 1.99. The van der Waals surface area contributed by atoms with E-state index in [1.54, 1.807) is 24.3 Å². The fourth-order valence-electron chi connectivity index (χ4n) is 3.83. The van der Waals surface area contributed by atoms with Crippen LogP contribution in [-0.4, -0.2) is 28.6 Å². The summed E-state index contributed by atoms with van der Waals surface area (Å²) in [6, 6.07) is 12.4. The molecule has 2 bridgehead atoms. The number of piperidine rings is 1. The van der Waals surface area contributed by atoms with E-state index in [4.69, 9.17) is 11.6 Å². The van der Waals surface area contributed by atoms with Gasteiger partial charge in [0.1, 0.15) is 0 Å². The minimum atomic E-state index is -0.112. The molecule has 0 unspecified atom stereocenters. The lowest BCUT2D eigenvalue weighted by atomic mass is 9.83. The lowest BCUT2D eigenvalue weighted by molar-refractivity contribution is 0.139. The topological polar surface area (TPSA) is 54.3 Å². The predicted molar refractivity (Wildman–Crippen MR) is 93.6 cm³/mol. The Morgan fingerprint density at radius 1 is 1.12 bits per heavy atom. The number of amides is 2. The summed E-state index contributed by atoms with van der Waals surface area (Å²) in [4.78, 5) is 26.5. The molecule has 6 heteroatoms. The Morgan fingerprint density at radius 2 is 1.96 bits per heavy atom. The van der Waals surface area contributed by atoms with E-state index in [9.17, 15) is 9.59 Å². The first-order valence-electron chi connectivity index (χ1n) is 8.11. The van der Waals surface area contributed by atoms with Crippen LogP contribution in [0.3, 0.4) is 0 Å². The maximum Gasteiger partial charge on any atom is 0.321 e. The average Bonchev–Trinajstić information content (AvgIpc) is 2.56. The summed E-state index contributed by atoms with van der Waals surface area (Å²) < 4.78 is 1.87. The van der Waals surface area contributed by atoms with E-state index in [2.05, 4.69) is 5.32 Å². The molecule has 1 N–H and O–H groups in total. The van der Waals surface area contributed by atoms with Crippen LogP contribution in [0, 0.1) is 5.92 Å². The van der Waals surface area contributed by atoms with Gasteiger partial charge < -0.3 is 14.8 Å². The summed E-state index contributed by atoms with van der Waals surface area (Å²) in [7, 11) is 0. The van der Waals surface area contributed by atoms with E-state index in [-0.39, 0.29) is 17.5 Å². The molecule has 24 heavy (non-hydrogen) atoms. The number of nitrogens with one attached hydrogen (secondary N) is 1. The summed E-state index contributed by atoms with van der Waals surface area (Å²) in [5, 5.41) is 3.51. The number of carbonyl (C=O) groups excluding carboxylic acids is 1. The molecule has 1 aromatic carbocycles. The number of pyridine rings is 1. The molecule has 2 aromatic rings. The highest BCUT2D eigenvalue weighted by Crippen LogP contribution is 2.35. The van der Waals surface area contributed by atoms with Crippen molar-refractivity contribution in [3.05, 3.63) is 63.5 Å². The molecule has 2 atom stereocenters. The van der Waals surface area contributed by atoms with Crippen LogP contribution in [-0.2, 0) is 6.54 Å². The van der Waals surface area contributed by atoms with Gasteiger partial charge in [0.05, 0.1) is 0 Å². The molecular weight excluding hydrogens is 326 g/mol. The zero-order valence-electron chi connectivity index (χ0n) is 13.1. The number of hydrogen-bond acceptors (Lipinski definition) is 2. The number of urea groups is 1. The van der Waals surface area contributed by atoms with Crippen molar-refractivity contribution < 1.29 is 4.79 Å². The second kappa shape index (κ2) is 5.98. The molecule has 124 valence electrons. The number of fused-ring (bicyclic) bond motifs is 4. The predicted octanol–water partition coefficient (Wildman–Crippen LogP) is 3.15. The maximum absolute atomic E-state index is 12.6. The highest BCUT2D eigenvalue weighted by atomic mass is 35.5. The number of benzene rings is 1. The van der Waals surface area contributed by atoms with E-state index >= 15 is 0 Å². The highest BCUT2D eigenvalue weighted by Gasteiger charge is 2.36. The fraction of sp³-hybridized carbons (Fsp3) is 0.333. The second-order valence-electron chi connectivity index (χ2n) is 6.54. The van der Waals surface area contributed by atoms with Gasteiger partial charge in [-0.1, -0.05) is 23.7 Å². The van der Waals surface area contributed by atoms with E-state index < -0.39 is 0 Å². The van der Waals surface area contributed by atoms with Crippen molar-refractivity contribution in [2.75, 3.05) is 18.4 Å². The summed E-state index contributed by atoms with van der Waals surface area (Å²) in [5.41, 5.74) is 1.79. The third kappa shape index (κ3) is 2.80. The largest absolute Gasteiger partial charge is 0.324 e. The number of nitrogens with zero attached hydrogens (tertiary/aromatic N) is 2. The van der Waals surface area contributed by atoms with Gasteiger partial charge in [-0.3, -0.25) is 4.79 Å². The van der Waals surface area contributed by atoms with Gasteiger partial charge in [-0.25, -0.2) is 4.79 Å². The zero-order chi connectivity index (χ0) is 16.7. The SMILES string of the molecule is O=C(Nc1cccc(Cl)c1)N1C[C@@H]2C[C@@H](C1)c1cccc(=O)n1C2. The van der Waals surface area contributed by atoms with Crippen molar-refractivity contribution in [2.24, 2.45) is 5.92 Å². The smallest absolute Gasteiger partial charge is 0.321 e. The van der Waals surface area contributed by atoms with E-state index in [1.807, 2.05) is 27.7 Å². The monoisotopic (exact) mass is 343 g/mol. The van der Waals surface area contributed by atoms with Crippen LogP contribution in [0.25, 0.3) is 0 Å². The Morgan fingerprint density at radius 3 is 2.79 bits per heavy atom. The van der Waals surface area contributed by atoms with E-state index in [1.165, 1.54) is 0 Å². The molecule has 0 aliphatic carbocycles. The number of carbonyl (C=O) groups is 1. The highest BCUT2D eigenvalue weighted by molar-refractivity contribution is 6.30. The number of halogens is 1. The molecule has 1 aromatic heterocycles. The standard InChI is InChI=1S/C18H18ClN3O2/c19-14-3-1-4-15(8-14)20-18(24)21-9-12-7-13(11-21)16-5-2-6-17(23)22(16)10-12/h1-6,8,12-13H,7,9-11H2,(H,20,24)/t12-,13-/m0/s1. The molecule has 4 rings (SSSR count). The van der Waals surface area contributed by atoms with Gasteiger partial charge in [-0.15, -0.1) is 0 Å². The van der Waals surface area contributed by atoms with Gasteiger partial charge in [0.15, 0.2) is 0 Å². The first-order valence-corrected chi connectivity index (χ1v) is 8.49. The molecular formula is C18H18ClN3O2. The van der Waals surface area contributed by atoms with Crippen molar-refractivity contribution in [3.8, 4) is 0 Å². The van der Waals surface area contributed by atoms with Crippen LogP contribution in [0.15, 0.2) is 47.3 Å².